The fourth-order valence-electron chi connectivity index (χ4n) is 1.97. The summed E-state index contributed by atoms with van der Waals surface area (Å²) in [4.78, 5) is 10.6. The molecule has 8 heteroatoms. The van der Waals surface area contributed by atoms with Gasteiger partial charge in [-0.15, -0.1) is 0 Å². The van der Waals surface area contributed by atoms with Crippen LogP contribution in [0, 0.1) is 0 Å². The molecule has 2 rings (SSSR count). The summed E-state index contributed by atoms with van der Waals surface area (Å²) in [5.41, 5.74) is -0.295. The first kappa shape index (κ1) is 13.0. The van der Waals surface area contributed by atoms with Crippen LogP contribution in [0.2, 0.25) is 0 Å². The molecule has 1 N–H and O–H groups in total. The summed E-state index contributed by atoms with van der Waals surface area (Å²) >= 11 is 0. The minimum Gasteiger partial charge on any atom is -0.476 e. The molecule has 0 radical (unpaired) electrons. The van der Waals surface area contributed by atoms with Crippen LogP contribution in [0.25, 0.3) is 0 Å². The van der Waals surface area contributed by atoms with Gasteiger partial charge in [-0.25, -0.2) is 13.2 Å². The van der Waals surface area contributed by atoms with Gasteiger partial charge in [0.2, 0.25) is 0 Å². The van der Waals surface area contributed by atoms with E-state index in [1.165, 1.54) is 0 Å². The Kier molecular flexibility index (Phi) is 3.40. The van der Waals surface area contributed by atoms with E-state index < -0.39 is 21.1 Å². The van der Waals surface area contributed by atoms with E-state index in [4.69, 9.17) is 14.4 Å². The van der Waals surface area contributed by atoms with E-state index in [9.17, 15) is 13.2 Å². The van der Waals surface area contributed by atoms with E-state index in [-0.39, 0.29) is 23.3 Å². The molecule has 0 spiro atoms. The molecule has 0 saturated carbocycles. The standard InChI is InChI=1S/C10H13NO6S/c1-6-9(2-3-16-6)18(14,15)5-7-4-8(10(12)13)11-17-7/h4,6,9H,2-3,5H2,1H3,(H,12,13). The Balaban J connectivity index is 2.14. The highest BCUT2D eigenvalue weighted by molar-refractivity contribution is 7.91. The SMILES string of the molecule is CC1OCCC1S(=O)(=O)Cc1cc(C(=O)O)no1. The number of ether oxygens (including phenoxy) is 1. The highest BCUT2D eigenvalue weighted by Crippen LogP contribution is 2.24. The Morgan fingerprint density at radius 3 is 2.83 bits per heavy atom. The van der Waals surface area contributed by atoms with E-state index in [2.05, 4.69) is 5.16 Å². The Hall–Kier alpha value is -1.41. The van der Waals surface area contributed by atoms with Crippen molar-refractivity contribution in [1.82, 2.24) is 5.16 Å². The second-order valence-corrected chi connectivity index (χ2v) is 6.41. The second kappa shape index (κ2) is 4.69. The van der Waals surface area contributed by atoms with Crippen LogP contribution >= 0.6 is 0 Å². The molecule has 0 aromatic carbocycles. The predicted octanol–water partition coefficient (Wildman–Crippen LogP) is 0.465. The summed E-state index contributed by atoms with van der Waals surface area (Å²) in [6.07, 6.45) is 0.0977. The molecule has 1 fully saturated rings. The van der Waals surface area contributed by atoms with Crippen molar-refractivity contribution in [2.75, 3.05) is 6.61 Å². The summed E-state index contributed by atoms with van der Waals surface area (Å²) in [6.45, 7) is 2.13. The summed E-state index contributed by atoms with van der Waals surface area (Å²) in [6, 6.07) is 1.13. The number of hydrogen-bond acceptors (Lipinski definition) is 6. The molecule has 2 unspecified atom stereocenters. The largest absolute Gasteiger partial charge is 0.476 e. The number of carboxylic acid groups (broad SMARTS) is 1. The highest BCUT2D eigenvalue weighted by Gasteiger charge is 2.36. The third-order valence-electron chi connectivity index (χ3n) is 2.89. The molecule has 18 heavy (non-hydrogen) atoms. The predicted molar refractivity (Wildman–Crippen MR) is 59.9 cm³/mol. The van der Waals surface area contributed by atoms with E-state index in [1.54, 1.807) is 6.92 Å². The summed E-state index contributed by atoms with van der Waals surface area (Å²) < 4.78 is 34.1. The minimum atomic E-state index is -3.43. The Labute approximate surface area is 104 Å². The van der Waals surface area contributed by atoms with Crippen molar-refractivity contribution in [3.8, 4) is 0 Å². The molecule has 1 saturated heterocycles. The lowest BCUT2D eigenvalue weighted by molar-refractivity contribution is 0.0685. The number of nitrogens with zero attached hydrogens (tertiary/aromatic N) is 1. The number of carbonyl (C=O) groups is 1. The first-order valence-electron chi connectivity index (χ1n) is 5.42. The van der Waals surface area contributed by atoms with Crippen molar-refractivity contribution < 1.29 is 27.6 Å². The van der Waals surface area contributed by atoms with Crippen LogP contribution in [0.5, 0.6) is 0 Å². The molecule has 7 nitrogen and oxygen atoms in total. The molecule has 1 aromatic heterocycles. The number of rotatable bonds is 4. The quantitative estimate of drug-likeness (QED) is 0.850. The fourth-order valence-corrected chi connectivity index (χ4v) is 3.84. The molecule has 2 atom stereocenters. The van der Waals surface area contributed by atoms with Crippen LogP contribution in [0.4, 0.5) is 0 Å². The van der Waals surface area contributed by atoms with Crippen molar-refractivity contribution >= 4 is 15.8 Å². The molecule has 1 aliphatic heterocycles. The fraction of sp³-hybridized carbons (Fsp3) is 0.600. The number of aromatic nitrogens is 1. The maximum Gasteiger partial charge on any atom is 0.358 e. The van der Waals surface area contributed by atoms with Gasteiger partial charge in [0.05, 0.1) is 11.4 Å². The minimum absolute atomic E-state index is 0.0338. The molecule has 1 aromatic rings. The topological polar surface area (TPSA) is 107 Å². The van der Waals surface area contributed by atoms with Gasteiger partial charge < -0.3 is 14.4 Å². The van der Waals surface area contributed by atoms with Crippen LogP contribution in [-0.4, -0.2) is 42.6 Å². The zero-order chi connectivity index (χ0) is 13.3. The second-order valence-electron chi connectivity index (χ2n) is 4.19. The molecular formula is C10H13NO6S. The van der Waals surface area contributed by atoms with Gasteiger partial charge in [-0.2, -0.15) is 0 Å². The van der Waals surface area contributed by atoms with Crippen LogP contribution in [0.15, 0.2) is 10.6 Å². The van der Waals surface area contributed by atoms with Crippen LogP contribution in [0.1, 0.15) is 29.6 Å². The smallest absolute Gasteiger partial charge is 0.358 e. The maximum absolute atomic E-state index is 12.1. The average Bonchev–Trinajstić information content (AvgIpc) is 2.86. The highest BCUT2D eigenvalue weighted by atomic mass is 32.2. The molecule has 100 valence electrons. The first-order chi connectivity index (χ1) is 8.40. The van der Waals surface area contributed by atoms with Crippen molar-refractivity contribution in [2.24, 2.45) is 0 Å². The van der Waals surface area contributed by atoms with Crippen LogP contribution in [0.3, 0.4) is 0 Å². The Bertz CT molecular complexity index is 548. The number of sulfone groups is 1. The molecule has 0 bridgehead atoms. The molecule has 0 aliphatic carbocycles. The lowest BCUT2D eigenvalue weighted by Crippen LogP contribution is -2.29. The first-order valence-corrected chi connectivity index (χ1v) is 7.14. The zero-order valence-corrected chi connectivity index (χ0v) is 10.5. The lowest BCUT2D eigenvalue weighted by atomic mass is 10.3. The van der Waals surface area contributed by atoms with E-state index in [1.807, 2.05) is 0 Å². The lowest BCUT2D eigenvalue weighted by Gasteiger charge is -2.13. The molecular weight excluding hydrogens is 262 g/mol. The number of carboxylic acids is 1. The van der Waals surface area contributed by atoms with Gasteiger partial charge in [0.15, 0.2) is 21.3 Å². The van der Waals surface area contributed by atoms with Crippen molar-refractivity contribution in [3.63, 3.8) is 0 Å². The van der Waals surface area contributed by atoms with E-state index in [0.29, 0.717) is 13.0 Å². The molecule has 0 amide bonds. The average molecular weight is 275 g/mol. The van der Waals surface area contributed by atoms with Gasteiger partial charge in [0.1, 0.15) is 5.75 Å². The van der Waals surface area contributed by atoms with Gasteiger partial charge >= 0.3 is 5.97 Å². The summed E-state index contributed by atoms with van der Waals surface area (Å²) in [5, 5.41) is 11.4. The van der Waals surface area contributed by atoms with Crippen molar-refractivity contribution in [2.45, 2.75) is 30.5 Å². The van der Waals surface area contributed by atoms with E-state index >= 15 is 0 Å². The van der Waals surface area contributed by atoms with Gasteiger partial charge in [-0.3, -0.25) is 0 Å². The summed E-state index contributed by atoms with van der Waals surface area (Å²) in [7, 11) is -3.43. The van der Waals surface area contributed by atoms with Gasteiger partial charge in [0, 0.05) is 12.7 Å². The summed E-state index contributed by atoms with van der Waals surface area (Å²) in [5.74, 6) is -1.57. The van der Waals surface area contributed by atoms with Crippen molar-refractivity contribution in [3.05, 3.63) is 17.5 Å². The maximum atomic E-state index is 12.1. The third kappa shape index (κ3) is 2.54. The normalized spacial score (nSPS) is 24.3. The van der Waals surface area contributed by atoms with Gasteiger partial charge in [-0.1, -0.05) is 5.16 Å². The molecule has 2 heterocycles. The Morgan fingerprint density at radius 1 is 1.61 bits per heavy atom. The number of aromatic carboxylic acids is 1. The monoisotopic (exact) mass is 275 g/mol. The third-order valence-corrected chi connectivity index (χ3v) is 5.12. The Morgan fingerprint density at radius 2 is 2.33 bits per heavy atom. The van der Waals surface area contributed by atoms with Crippen molar-refractivity contribution in [1.29, 1.82) is 0 Å². The van der Waals surface area contributed by atoms with E-state index in [0.717, 1.165) is 6.07 Å². The van der Waals surface area contributed by atoms with Gasteiger partial charge in [0.25, 0.3) is 0 Å². The zero-order valence-electron chi connectivity index (χ0n) is 9.70. The molecule has 1 aliphatic rings. The van der Waals surface area contributed by atoms with Gasteiger partial charge in [-0.05, 0) is 13.3 Å². The van der Waals surface area contributed by atoms with Crippen LogP contribution < -0.4 is 0 Å². The van der Waals surface area contributed by atoms with Crippen LogP contribution in [-0.2, 0) is 20.3 Å². The number of hydrogen-bond donors (Lipinski definition) is 1.